The van der Waals surface area contributed by atoms with Crippen LogP contribution in [0.3, 0.4) is 0 Å². The van der Waals surface area contributed by atoms with E-state index in [1.165, 1.54) is 0 Å². The van der Waals surface area contributed by atoms with Crippen LogP contribution in [0.5, 0.6) is 0 Å². The lowest BCUT2D eigenvalue weighted by atomic mass is 10.1. The summed E-state index contributed by atoms with van der Waals surface area (Å²) in [5.41, 5.74) is -0.0808. The molecule has 0 aromatic heterocycles. The van der Waals surface area contributed by atoms with E-state index in [0.29, 0.717) is 0 Å². The Bertz CT molecular complexity index is 101. The van der Waals surface area contributed by atoms with Gasteiger partial charge in [0, 0.05) is 5.54 Å². The van der Waals surface area contributed by atoms with E-state index >= 15 is 0 Å². The Morgan fingerprint density at radius 2 is 1.73 bits per heavy atom. The second kappa shape index (κ2) is 5.20. The number of hydrogen-bond acceptors (Lipinski definition) is 2. The molecule has 0 aliphatic rings. The van der Waals surface area contributed by atoms with Gasteiger partial charge in [-0.15, -0.1) is 24.0 Å². The first kappa shape index (κ1) is 14.0. The third-order valence-electron chi connectivity index (χ3n) is 1.02. The van der Waals surface area contributed by atoms with E-state index in [0.717, 1.165) is 0 Å². The maximum Gasteiger partial charge on any atom is 0.121 e. The van der Waals surface area contributed by atoms with E-state index in [1.54, 1.807) is 6.92 Å². The van der Waals surface area contributed by atoms with Crippen molar-refractivity contribution in [3.63, 3.8) is 0 Å². The smallest absolute Gasteiger partial charge is 0.121 e. The number of nitrogens with one attached hydrogen (secondary N) is 1. The van der Waals surface area contributed by atoms with E-state index < -0.39 is 6.23 Å². The summed E-state index contributed by atoms with van der Waals surface area (Å²) in [5.74, 6) is 0. The SMILES string of the molecule is CC(Cl)C(O)NC(C)(C)C.Cl. The van der Waals surface area contributed by atoms with Gasteiger partial charge in [-0.3, -0.25) is 5.32 Å². The molecule has 0 aromatic rings. The highest BCUT2D eigenvalue weighted by Crippen LogP contribution is 2.05. The van der Waals surface area contributed by atoms with Crippen LogP contribution in [0.15, 0.2) is 0 Å². The maximum atomic E-state index is 9.22. The van der Waals surface area contributed by atoms with Gasteiger partial charge in [0.2, 0.25) is 0 Å². The molecule has 0 spiro atoms. The van der Waals surface area contributed by atoms with Gasteiger partial charge in [-0.1, -0.05) is 0 Å². The standard InChI is InChI=1S/C7H16ClNO.ClH/c1-5(8)6(10)9-7(2,3)4;/h5-6,9-10H,1-4H3;1H. The van der Waals surface area contributed by atoms with Crippen LogP contribution in [-0.2, 0) is 0 Å². The number of aliphatic hydroxyl groups is 1. The molecule has 0 radical (unpaired) electrons. The van der Waals surface area contributed by atoms with E-state index in [-0.39, 0.29) is 23.3 Å². The van der Waals surface area contributed by atoms with Crippen LogP contribution in [0, 0.1) is 0 Å². The third kappa shape index (κ3) is 8.41. The van der Waals surface area contributed by atoms with Gasteiger partial charge in [-0.05, 0) is 27.7 Å². The second-order valence-electron chi connectivity index (χ2n) is 3.52. The molecule has 4 heteroatoms. The molecule has 2 atom stereocenters. The molecule has 0 saturated heterocycles. The maximum absolute atomic E-state index is 9.22. The first-order valence-corrected chi connectivity index (χ1v) is 3.86. The lowest BCUT2D eigenvalue weighted by molar-refractivity contribution is 0.106. The summed E-state index contributed by atoms with van der Waals surface area (Å²) >= 11 is 5.62. The first-order valence-electron chi connectivity index (χ1n) is 3.43. The molecule has 0 heterocycles. The molecule has 0 aliphatic heterocycles. The van der Waals surface area contributed by atoms with Crippen molar-refractivity contribution in [2.75, 3.05) is 0 Å². The number of rotatable bonds is 2. The van der Waals surface area contributed by atoms with Gasteiger partial charge in [0.1, 0.15) is 6.23 Å². The van der Waals surface area contributed by atoms with Crippen molar-refractivity contribution in [1.82, 2.24) is 5.32 Å². The van der Waals surface area contributed by atoms with Crippen molar-refractivity contribution in [3.8, 4) is 0 Å². The minimum atomic E-state index is -0.623. The fourth-order valence-corrected chi connectivity index (χ4v) is 0.621. The van der Waals surface area contributed by atoms with E-state index in [2.05, 4.69) is 5.32 Å². The predicted molar refractivity (Wildman–Crippen MR) is 51.5 cm³/mol. The Labute approximate surface area is 79.7 Å². The Kier molecular flexibility index (Phi) is 6.64. The summed E-state index contributed by atoms with van der Waals surface area (Å²) in [6, 6.07) is 0. The Hall–Kier alpha value is 0.500. The van der Waals surface area contributed by atoms with E-state index in [4.69, 9.17) is 11.6 Å². The molecule has 0 fully saturated rings. The quantitative estimate of drug-likeness (QED) is 0.528. The molecule has 70 valence electrons. The molecule has 0 bridgehead atoms. The topological polar surface area (TPSA) is 32.3 Å². The van der Waals surface area contributed by atoms with Crippen molar-refractivity contribution in [2.45, 2.75) is 44.8 Å². The normalized spacial score (nSPS) is 16.9. The fraction of sp³-hybridized carbons (Fsp3) is 1.00. The number of aliphatic hydroxyl groups excluding tert-OH is 1. The monoisotopic (exact) mass is 201 g/mol. The summed E-state index contributed by atoms with van der Waals surface area (Å²) in [6.45, 7) is 7.70. The van der Waals surface area contributed by atoms with Crippen molar-refractivity contribution < 1.29 is 5.11 Å². The van der Waals surface area contributed by atoms with Gasteiger partial charge in [-0.2, -0.15) is 0 Å². The van der Waals surface area contributed by atoms with Crippen LogP contribution in [0.2, 0.25) is 0 Å². The molecular weight excluding hydrogens is 185 g/mol. The van der Waals surface area contributed by atoms with Crippen LogP contribution in [-0.4, -0.2) is 22.3 Å². The average molecular weight is 202 g/mol. The van der Waals surface area contributed by atoms with E-state index in [1.807, 2.05) is 20.8 Å². The Balaban J connectivity index is 0. The van der Waals surface area contributed by atoms with Crippen LogP contribution in [0.4, 0.5) is 0 Å². The number of alkyl halides is 1. The first-order chi connectivity index (χ1) is 4.33. The van der Waals surface area contributed by atoms with Crippen molar-refractivity contribution in [2.24, 2.45) is 0 Å². The van der Waals surface area contributed by atoms with Gasteiger partial charge in [-0.25, -0.2) is 0 Å². The zero-order valence-corrected chi connectivity index (χ0v) is 8.96. The summed E-state index contributed by atoms with van der Waals surface area (Å²) in [6.07, 6.45) is -0.623. The highest BCUT2D eigenvalue weighted by Gasteiger charge is 2.17. The molecule has 11 heavy (non-hydrogen) atoms. The minimum Gasteiger partial charge on any atom is -0.377 e. The lowest BCUT2D eigenvalue weighted by Gasteiger charge is -2.26. The average Bonchev–Trinajstić information content (AvgIpc) is 1.60. The summed E-state index contributed by atoms with van der Waals surface area (Å²) < 4.78 is 0. The molecule has 2 N–H and O–H groups in total. The molecule has 0 aliphatic carbocycles. The molecular formula is C7H17Cl2NO. The van der Waals surface area contributed by atoms with Crippen LogP contribution in [0.1, 0.15) is 27.7 Å². The zero-order chi connectivity index (χ0) is 8.36. The Morgan fingerprint density at radius 3 is 1.82 bits per heavy atom. The highest BCUT2D eigenvalue weighted by molar-refractivity contribution is 6.20. The van der Waals surface area contributed by atoms with Gasteiger partial charge in [0.15, 0.2) is 0 Å². The molecule has 0 aromatic carbocycles. The second-order valence-corrected chi connectivity index (χ2v) is 4.21. The highest BCUT2D eigenvalue weighted by atomic mass is 35.5. The third-order valence-corrected chi connectivity index (χ3v) is 1.25. The fourth-order valence-electron chi connectivity index (χ4n) is 0.558. The van der Waals surface area contributed by atoms with Crippen molar-refractivity contribution in [3.05, 3.63) is 0 Å². The molecule has 2 unspecified atom stereocenters. The zero-order valence-electron chi connectivity index (χ0n) is 7.39. The van der Waals surface area contributed by atoms with Gasteiger partial charge in [0.25, 0.3) is 0 Å². The lowest BCUT2D eigenvalue weighted by Crippen LogP contribution is -2.47. The van der Waals surface area contributed by atoms with Crippen molar-refractivity contribution >= 4 is 24.0 Å². The summed E-state index contributed by atoms with van der Waals surface area (Å²) in [4.78, 5) is 0. The van der Waals surface area contributed by atoms with Crippen molar-refractivity contribution in [1.29, 1.82) is 0 Å². The summed E-state index contributed by atoms with van der Waals surface area (Å²) in [5, 5.41) is 11.9. The van der Waals surface area contributed by atoms with Crippen LogP contribution >= 0.6 is 24.0 Å². The van der Waals surface area contributed by atoms with Crippen LogP contribution < -0.4 is 5.32 Å². The molecule has 2 nitrogen and oxygen atoms in total. The number of halogens is 2. The minimum absolute atomic E-state index is 0. The van der Waals surface area contributed by atoms with Gasteiger partial charge >= 0.3 is 0 Å². The molecule has 0 amide bonds. The van der Waals surface area contributed by atoms with E-state index in [9.17, 15) is 5.11 Å². The van der Waals surface area contributed by atoms with Gasteiger partial charge in [0.05, 0.1) is 5.38 Å². The van der Waals surface area contributed by atoms with Gasteiger partial charge < -0.3 is 5.11 Å². The molecule has 0 rings (SSSR count). The predicted octanol–water partition coefficient (Wildman–Crippen LogP) is 1.74. The largest absolute Gasteiger partial charge is 0.377 e. The summed E-state index contributed by atoms with van der Waals surface area (Å²) in [7, 11) is 0. The molecule has 0 saturated carbocycles. The van der Waals surface area contributed by atoms with Crippen LogP contribution in [0.25, 0.3) is 0 Å². The number of hydrogen-bond donors (Lipinski definition) is 2. The Morgan fingerprint density at radius 1 is 1.36 bits per heavy atom.